The Bertz CT molecular complexity index is 440. The Morgan fingerprint density at radius 2 is 1.81 bits per heavy atom. The number of nitrogens with one attached hydrogen (secondary N) is 1. The predicted molar refractivity (Wildman–Crippen MR) is 77.8 cm³/mol. The van der Waals surface area contributed by atoms with Gasteiger partial charge in [-0.2, -0.15) is 0 Å². The van der Waals surface area contributed by atoms with E-state index in [1.54, 1.807) is 19.2 Å². The summed E-state index contributed by atoms with van der Waals surface area (Å²) in [5.74, 6) is 1.07. The number of rotatable bonds is 9. The van der Waals surface area contributed by atoms with Crippen LogP contribution >= 0.6 is 0 Å². The van der Waals surface area contributed by atoms with E-state index in [0.29, 0.717) is 36.9 Å². The van der Waals surface area contributed by atoms with Crippen LogP contribution in [0.15, 0.2) is 12.1 Å². The number of benzene rings is 1. The third-order valence-electron chi connectivity index (χ3n) is 2.73. The minimum absolute atomic E-state index is 0.140. The van der Waals surface area contributed by atoms with E-state index >= 15 is 0 Å². The van der Waals surface area contributed by atoms with Crippen molar-refractivity contribution in [2.45, 2.75) is 6.54 Å². The summed E-state index contributed by atoms with van der Waals surface area (Å²) in [6.45, 7) is 1.09. The van der Waals surface area contributed by atoms with E-state index in [4.69, 9.17) is 24.7 Å². The van der Waals surface area contributed by atoms with Crippen LogP contribution in [0.4, 0.5) is 0 Å². The molecule has 0 aromatic heterocycles. The smallest absolute Gasteiger partial charge is 0.258 e. The fourth-order valence-electron chi connectivity index (χ4n) is 1.68. The van der Waals surface area contributed by atoms with Gasteiger partial charge in [0.25, 0.3) is 5.91 Å². The molecule has 21 heavy (non-hydrogen) atoms. The van der Waals surface area contributed by atoms with Crippen LogP contribution in [0.1, 0.15) is 5.56 Å². The molecule has 0 saturated heterocycles. The van der Waals surface area contributed by atoms with Crippen molar-refractivity contribution in [3.8, 4) is 17.2 Å². The number of hydrogen-bond acceptors (Lipinski definition) is 6. The van der Waals surface area contributed by atoms with Crippen molar-refractivity contribution in [3.05, 3.63) is 17.7 Å². The largest absolute Gasteiger partial charge is 0.493 e. The zero-order valence-electron chi connectivity index (χ0n) is 12.6. The minimum Gasteiger partial charge on any atom is -0.493 e. The minimum atomic E-state index is -0.251. The molecule has 0 aliphatic rings. The fraction of sp³-hybridized carbons (Fsp3) is 0.500. The lowest BCUT2D eigenvalue weighted by Crippen LogP contribution is -2.31. The average Bonchev–Trinajstić information content (AvgIpc) is 2.52. The SMILES string of the molecule is COCCNC(=O)COc1c(OC)cc(CN)cc1OC. The van der Waals surface area contributed by atoms with E-state index in [1.165, 1.54) is 14.2 Å². The maximum atomic E-state index is 11.6. The standard InChI is InChI=1S/C14H22N2O5/c1-18-5-4-16-13(17)9-21-14-11(19-2)6-10(8-15)7-12(14)20-3/h6-7H,4-5,8-9,15H2,1-3H3,(H,16,17). The first-order chi connectivity index (χ1) is 10.2. The third-order valence-corrected chi connectivity index (χ3v) is 2.73. The van der Waals surface area contributed by atoms with Gasteiger partial charge in [0.05, 0.1) is 20.8 Å². The topological polar surface area (TPSA) is 92.0 Å². The Labute approximate surface area is 124 Å². The molecule has 7 nitrogen and oxygen atoms in total. The molecule has 118 valence electrons. The monoisotopic (exact) mass is 298 g/mol. The van der Waals surface area contributed by atoms with Crippen LogP contribution in [0.3, 0.4) is 0 Å². The van der Waals surface area contributed by atoms with E-state index in [1.807, 2.05) is 0 Å². The van der Waals surface area contributed by atoms with Gasteiger partial charge in [-0.1, -0.05) is 0 Å². The number of ether oxygens (including phenoxy) is 4. The molecule has 0 aliphatic carbocycles. The van der Waals surface area contributed by atoms with E-state index in [9.17, 15) is 4.79 Å². The highest BCUT2D eigenvalue weighted by molar-refractivity contribution is 5.77. The lowest BCUT2D eigenvalue weighted by Gasteiger charge is -2.15. The van der Waals surface area contributed by atoms with E-state index in [-0.39, 0.29) is 12.5 Å². The normalized spacial score (nSPS) is 10.1. The van der Waals surface area contributed by atoms with Gasteiger partial charge in [-0.05, 0) is 17.7 Å². The first kappa shape index (κ1) is 17.1. The molecule has 0 unspecified atom stereocenters. The molecule has 0 saturated carbocycles. The first-order valence-electron chi connectivity index (χ1n) is 6.49. The molecule has 0 radical (unpaired) electrons. The second-order valence-corrected chi connectivity index (χ2v) is 4.17. The maximum absolute atomic E-state index is 11.6. The van der Waals surface area contributed by atoms with Gasteiger partial charge in [0.1, 0.15) is 0 Å². The van der Waals surface area contributed by atoms with Crippen LogP contribution in [0, 0.1) is 0 Å². The summed E-state index contributed by atoms with van der Waals surface area (Å²) in [5, 5.41) is 2.66. The number of amides is 1. The van der Waals surface area contributed by atoms with Crippen LogP contribution in [0.5, 0.6) is 17.2 Å². The zero-order chi connectivity index (χ0) is 15.7. The Balaban J connectivity index is 2.75. The zero-order valence-corrected chi connectivity index (χ0v) is 12.6. The number of nitrogens with two attached hydrogens (primary N) is 1. The van der Waals surface area contributed by atoms with Crippen LogP contribution in [-0.4, -0.2) is 47.0 Å². The summed E-state index contributed by atoms with van der Waals surface area (Å²) < 4.78 is 20.8. The fourth-order valence-corrected chi connectivity index (χ4v) is 1.68. The van der Waals surface area contributed by atoms with Crippen LogP contribution in [0.2, 0.25) is 0 Å². The first-order valence-corrected chi connectivity index (χ1v) is 6.49. The number of carbonyl (C=O) groups excluding carboxylic acids is 1. The van der Waals surface area contributed by atoms with Crippen molar-refractivity contribution >= 4 is 5.91 Å². The van der Waals surface area contributed by atoms with Crippen molar-refractivity contribution in [2.75, 3.05) is 41.1 Å². The molecular weight excluding hydrogens is 276 g/mol. The van der Waals surface area contributed by atoms with Gasteiger partial charge in [-0.15, -0.1) is 0 Å². The molecule has 7 heteroatoms. The molecule has 1 aromatic carbocycles. The van der Waals surface area contributed by atoms with Crippen molar-refractivity contribution in [3.63, 3.8) is 0 Å². The highest BCUT2D eigenvalue weighted by Crippen LogP contribution is 2.38. The van der Waals surface area contributed by atoms with Crippen LogP contribution < -0.4 is 25.3 Å². The van der Waals surface area contributed by atoms with Crippen LogP contribution in [0.25, 0.3) is 0 Å². The summed E-state index contributed by atoms with van der Waals surface area (Å²) in [7, 11) is 4.60. The lowest BCUT2D eigenvalue weighted by atomic mass is 10.2. The molecule has 1 amide bonds. The summed E-state index contributed by atoms with van der Waals surface area (Å²) in [5.41, 5.74) is 6.46. The van der Waals surface area contributed by atoms with E-state index in [2.05, 4.69) is 5.32 Å². The van der Waals surface area contributed by atoms with E-state index in [0.717, 1.165) is 5.56 Å². The highest BCUT2D eigenvalue weighted by atomic mass is 16.5. The number of carbonyl (C=O) groups is 1. The Hall–Kier alpha value is -1.99. The van der Waals surface area contributed by atoms with Gasteiger partial charge in [-0.3, -0.25) is 4.79 Å². The molecule has 0 fully saturated rings. The lowest BCUT2D eigenvalue weighted by molar-refractivity contribution is -0.123. The number of methoxy groups -OCH3 is 3. The van der Waals surface area contributed by atoms with Gasteiger partial charge in [0.15, 0.2) is 18.1 Å². The summed E-state index contributed by atoms with van der Waals surface area (Å²) in [6.07, 6.45) is 0. The summed E-state index contributed by atoms with van der Waals surface area (Å²) in [6, 6.07) is 3.50. The highest BCUT2D eigenvalue weighted by Gasteiger charge is 2.15. The van der Waals surface area contributed by atoms with Crippen molar-refractivity contribution in [1.82, 2.24) is 5.32 Å². The Morgan fingerprint density at radius 3 is 2.29 bits per heavy atom. The average molecular weight is 298 g/mol. The second kappa shape index (κ2) is 9.04. The molecule has 0 bridgehead atoms. The van der Waals surface area contributed by atoms with Gasteiger partial charge < -0.3 is 30.0 Å². The Morgan fingerprint density at radius 1 is 1.19 bits per heavy atom. The van der Waals surface area contributed by atoms with Crippen LogP contribution in [-0.2, 0) is 16.1 Å². The van der Waals surface area contributed by atoms with Gasteiger partial charge in [0, 0.05) is 20.2 Å². The van der Waals surface area contributed by atoms with Gasteiger partial charge in [0.2, 0.25) is 5.75 Å². The van der Waals surface area contributed by atoms with Crippen molar-refractivity contribution in [2.24, 2.45) is 5.73 Å². The molecule has 0 atom stereocenters. The third kappa shape index (κ3) is 5.13. The van der Waals surface area contributed by atoms with Gasteiger partial charge >= 0.3 is 0 Å². The quantitative estimate of drug-likeness (QED) is 0.637. The second-order valence-electron chi connectivity index (χ2n) is 4.17. The molecular formula is C14H22N2O5. The molecule has 1 aromatic rings. The molecule has 3 N–H and O–H groups in total. The van der Waals surface area contributed by atoms with Gasteiger partial charge in [-0.25, -0.2) is 0 Å². The molecule has 1 rings (SSSR count). The predicted octanol–water partition coefficient (Wildman–Crippen LogP) is 0.304. The molecule has 0 heterocycles. The van der Waals surface area contributed by atoms with E-state index < -0.39 is 0 Å². The summed E-state index contributed by atoms with van der Waals surface area (Å²) in [4.78, 5) is 11.6. The maximum Gasteiger partial charge on any atom is 0.258 e. The Kier molecular flexibility index (Phi) is 7.34. The summed E-state index contributed by atoms with van der Waals surface area (Å²) >= 11 is 0. The van der Waals surface area contributed by atoms with Crippen molar-refractivity contribution in [1.29, 1.82) is 0 Å². The number of hydrogen-bond donors (Lipinski definition) is 2. The van der Waals surface area contributed by atoms with Crippen molar-refractivity contribution < 1.29 is 23.7 Å². The molecule has 0 aliphatic heterocycles. The molecule has 0 spiro atoms.